The monoisotopic (exact) mass is 347 g/mol. The third-order valence-corrected chi connectivity index (χ3v) is 5.49. The Morgan fingerprint density at radius 2 is 1.76 bits per heavy atom. The van der Waals surface area contributed by atoms with Crippen molar-refractivity contribution >= 4 is 5.91 Å². The summed E-state index contributed by atoms with van der Waals surface area (Å²) in [5.41, 5.74) is 6.07. The molecule has 0 radical (unpaired) electrons. The Kier molecular flexibility index (Phi) is 8.57. The molecule has 0 spiro atoms. The van der Waals surface area contributed by atoms with Crippen molar-refractivity contribution < 1.29 is 4.79 Å². The molecule has 4 heteroatoms. The minimum Gasteiger partial charge on any atom is -0.369 e. The number of carbonyl (C=O) groups is 1. The van der Waals surface area contributed by atoms with Gasteiger partial charge in [0.25, 0.3) is 0 Å². The summed E-state index contributed by atoms with van der Waals surface area (Å²) >= 11 is 0. The zero-order valence-corrected chi connectivity index (χ0v) is 17.0. The number of aromatic nitrogens is 1. The standard InChI is InChI=1S/C21H37N3O/c1-7-17(5)24(18(6)8-2)14-12-21(20(22)25,15-16(3)4)19-11-9-10-13-23-19/h9-11,13,16-18H,7-8,12,14-15H2,1-6H3,(H2,22,25). The van der Waals surface area contributed by atoms with Crippen molar-refractivity contribution in [3.05, 3.63) is 30.1 Å². The summed E-state index contributed by atoms with van der Waals surface area (Å²) in [5.74, 6) is 0.114. The number of primary amides is 1. The lowest BCUT2D eigenvalue weighted by Crippen LogP contribution is -2.48. The molecule has 1 amide bonds. The first-order valence-electron chi connectivity index (χ1n) is 9.75. The van der Waals surface area contributed by atoms with Gasteiger partial charge in [0.2, 0.25) is 5.91 Å². The van der Waals surface area contributed by atoms with Crippen molar-refractivity contribution in [1.82, 2.24) is 9.88 Å². The van der Waals surface area contributed by atoms with Gasteiger partial charge in [-0.3, -0.25) is 14.7 Å². The molecule has 1 aromatic heterocycles. The van der Waals surface area contributed by atoms with E-state index in [9.17, 15) is 4.79 Å². The van der Waals surface area contributed by atoms with Gasteiger partial charge in [0.1, 0.15) is 0 Å². The zero-order chi connectivity index (χ0) is 19.0. The van der Waals surface area contributed by atoms with Crippen molar-refractivity contribution in [2.45, 2.75) is 84.7 Å². The predicted molar refractivity (Wildman–Crippen MR) is 105 cm³/mol. The van der Waals surface area contributed by atoms with Crippen LogP contribution in [0.3, 0.4) is 0 Å². The van der Waals surface area contributed by atoms with Crippen molar-refractivity contribution in [2.24, 2.45) is 11.7 Å². The Labute approximate surface area is 154 Å². The van der Waals surface area contributed by atoms with Crippen LogP contribution in [0.5, 0.6) is 0 Å². The number of amides is 1. The molecule has 4 nitrogen and oxygen atoms in total. The molecule has 0 aromatic carbocycles. The predicted octanol–water partition coefficient (Wildman–Crippen LogP) is 4.14. The van der Waals surface area contributed by atoms with Crippen molar-refractivity contribution in [3.63, 3.8) is 0 Å². The highest BCUT2D eigenvalue weighted by Gasteiger charge is 2.41. The molecule has 0 saturated carbocycles. The third-order valence-electron chi connectivity index (χ3n) is 5.49. The lowest BCUT2D eigenvalue weighted by molar-refractivity contribution is -0.125. The van der Waals surface area contributed by atoms with Crippen molar-refractivity contribution in [1.29, 1.82) is 0 Å². The molecule has 0 aliphatic carbocycles. The van der Waals surface area contributed by atoms with Gasteiger partial charge in [0.15, 0.2) is 0 Å². The van der Waals surface area contributed by atoms with Crippen molar-refractivity contribution in [3.8, 4) is 0 Å². The number of hydrogen-bond donors (Lipinski definition) is 1. The highest BCUT2D eigenvalue weighted by molar-refractivity contribution is 5.86. The van der Waals surface area contributed by atoms with E-state index in [-0.39, 0.29) is 5.91 Å². The van der Waals surface area contributed by atoms with E-state index in [1.54, 1.807) is 6.20 Å². The van der Waals surface area contributed by atoms with Gasteiger partial charge in [-0.25, -0.2) is 0 Å². The van der Waals surface area contributed by atoms with Gasteiger partial charge in [-0.05, 0) is 57.6 Å². The molecule has 142 valence electrons. The van der Waals surface area contributed by atoms with Crippen LogP contribution in [-0.4, -0.2) is 34.4 Å². The molecule has 1 heterocycles. The van der Waals surface area contributed by atoms with Gasteiger partial charge in [0, 0.05) is 24.8 Å². The molecule has 3 unspecified atom stereocenters. The van der Waals surface area contributed by atoms with Gasteiger partial charge in [-0.15, -0.1) is 0 Å². The molecule has 0 aliphatic rings. The van der Waals surface area contributed by atoms with Crippen LogP contribution in [0.2, 0.25) is 0 Å². The van der Waals surface area contributed by atoms with Crippen molar-refractivity contribution in [2.75, 3.05) is 6.54 Å². The molecule has 25 heavy (non-hydrogen) atoms. The Hall–Kier alpha value is -1.42. The van der Waals surface area contributed by atoms with Crippen LogP contribution in [0.15, 0.2) is 24.4 Å². The van der Waals surface area contributed by atoms with E-state index in [4.69, 9.17) is 5.73 Å². The minimum atomic E-state index is -0.700. The Bertz CT molecular complexity index is 507. The van der Waals surface area contributed by atoms with Crippen LogP contribution < -0.4 is 5.73 Å². The lowest BCUT2D eigenvalue weighted by atomic mass is 9.73. The summed E-state index contributed by atoms with van der Waals surface area (Å²) < 4.78 is 0. The summed E-state index contributed by atoms with van der Waals surface area (Å²) in [6.07, 6.45) is 5.40. The summed E-state index contributed by atoms with van der Waals surface area (Å²) in [6, 6.07) is 6.76. The molecule has 2 N–H and O–H groups in total. The molecule has 0 saturated heterocycles. The summed E-state index contributed by atoms with van der Waals surface area (Å²) in [4.78, 5) is 19.6. The SMILES string of the molecule is CCC(C)N(CCC(CC(C)C)(C(N)=O)c1ccccn1)C(C)CC. The van der Waals surface area contributed by atoms with E-state index < -0.39 is 5.41 Å². The number of rotatable bonds is 11. The maximum absolute atomic E-state index is 12.6. The maximum Gasteiger partial charge on any atom is 0.229 e. The van der Waals surface area contributed by atoms with E-state index >= 15 is 0 Å². The van der Waals surface area contributed by atoms with Crippen LogP contribution >= 0.6 is 0 Å². The highest BCUT2D eigenvalue weighted by Crippen LogP contribution is 2.34. The van der Waals surface area contributed by atoms with Gasteiger partial charge in [0.05, 0.1) is 11.1 Å². The van der Waals surface area contributed by atoms with Gasteiger partial charge >= 0.3 is 0 Å². The second-order valence-corrected chi connectivity index (χ2v) is 7.76. The van der Waals surface area contributed by atoms with E-state index in [0.29, 0.717) is 24.4 Å². The number of nitrogens with two attached hydrogens (primary N) is 1. The Morgan fingerprint density at radius 1 is 1.16 bits per heavy atom. The average molecular weight is 348 g/mol. The van der Waals surface area contributed by atoms with Crippen LogP contribution in [0.4, 0.5) is 0 Å². The first kappa shape index (κ1) is 21.6. The lowest BCUT2D eigenvalue weighted by Gasteiger charge is -2.38. The second kappa shape index (κ2) is 9.91. The van der Waals surface area contributed by atoms with Gasteiger partial charge in [-0.2, -0.15) is 0 Å². The fraction of sp³-hybridized carbons (Fsp3) is 0.714. The van der Waals surface area contributed by atoms with Gasteiger partial charge < -0.3 is 5.73 Å². The minimum absolute atomic E-state index is 0.256. The van der Waals surface area contributed by atoms with Crippen LogP contribution in [0, 0.1) is 5.92 Å². The summed E-state index contributed by atoms with van der Waals surface area (Å²) in [6.45, 7) is 14.1. The number of pyridine rings is 1. The topological polar surface area (TPSA) is 59.2 Å². The van der Waals surface area contributed by atoms with E-state index in [0.717, 1.165) is 31.5 Å². The quantitative estimate of drug-likeness (QED) is 0.654. The Morgan fingerprint density at radius 3 is 2.16 bits per heavy atom. The van der Waals surface area contributed by atoms with Gasteiger partial charge in [-0.1, -0.05) is 33.8 Å². The fourth-order valence-corrected chi connectivity index (χ4v) is 3.69. The fourth-order valence-electron chi connectivity index (χ4n) is 3.69. The second-order valence-electron chi connectivity index (χ2n) is 7.76. The Balaban J connectivity index is 3.17. The van der Waals surface area contributed by atoms with Crippen LogP contribution in [-0.2, 0) is 10.2 Å². The maximum atomic E-state index is 12.6. The molecule has 0 aliphatic heterocycles. The third kappa shape index (κ3) is 5.53. The summed E-state index contributed by atoms with van der Waals surface area (Å²) in [7, 11) is 0. The van der Waals surface area contributed by atoms with E-state index in [1.807, 2.05) is 18.2 Å². The first-order valence-corrected chi connectivity index (χ1v) is 9.75. The molecule has 0 fully saturated rings. The average Bonchev–Trinajstić information content (AvgIpc) is 2.60. The van der Waals surface area contributed by atoms with Crippen LogP contribution in [0.25, 0.3) is 0 Å². The molecule has 1 rings (SSSR count). The molecular weight excluding hydrogens is 310 g/mol. The number of hydrogen-bond acceptors (Lipinski definition) is 3. The first-order chi connectivity index (χ1) is 11.8. The molecule has 0 bridgehead atoms. The zero-order valence-electron chi connectivity index (χ0n) is 17.0. The number of nitrogens with zero attached hydrogens (tertiary/aromatic N) is 2. The van der Waals surface area contributed by atoms with Crippen LogP contribution in [0.1, 0.15) is 72.9 Å². The molecular formula is C21H37N3O. The molecule has 3 atom stereocenters. The highest BCUT2D eigenvalue weighted by atomic mass is 16.1. The van der Waals surface area contributed by atoms with E-state index in [1.165, 1.54) is 0 Å². The largest absolute Gasteiger partial charge is 0.369 e. The molecule has 1 aromatic rings. The normalized spacial score (nSPS) is 16.6. The smallest absolute Gasteiger partial charge is 0.229 e. The number of carbonyl (C=O) groups excluding carboxylic acids is 1. The van der Waals surface area contributed by atoms with E-state index in [2.05, 4.69) is 51.4 Å². The summed E-state index contributed by atoms with van der Waals surface area (Å²) in [5, 5.41) is 0.